The van der Waals surface area contributed by atoms with E-state index in [9.17, 15) is 4.79 Å². The quantitative estimate of drug-likeness (QED) is 0.831. The van der Waals surface area contributed by atoms with E-state index in [4.69, 9.17) is 14.2 Å². The third-order valence-corrected chi connectivity index (χ3v) is 5.13. The number of hydrogen-bond acceptors (Lipinski definition) is 6. The second kappa shape index (κ2) is 8.39. The molecule has 0 bridgehead atoms. The van der Waals surface area contributed by atoms with Gasteiger partial charge in [0, 0.05) is 43.4 Å². The molecule has 1 aromatic carbocycles. The molecule has 0 radical (unpaired) electrons. The van der Waals surface area contributed by atoms with Gasteiger partial charge in [0.25, 0.3) is 5.91 Å². The Morgan fingerprint density at radius 3 is 2.48 bits per heavy atom. The van der Waals surface area contributed by atoms with Gasteiger partial charge < -0.3 is 24.4 Å². The number of pyridine rings is 1. The Morgan fingerprint density at radius 2 is 1.83 bits per heavy atom. The molecule has 154 valence electrons. The lowest BCUT2D eigenvalue weighted by Gasteiger charge is -2.37. The number of likely N-dealkylation sites (tertiary alicyclic amines) is 1. The van der Waals surface area contributed by atoms with Crippen molar-refractivity contribution in [3.63, 3.8) is 0 Å². The first-order valence-corrected chi connectivity index (χ1v) is 10.1. The number of aromatic nitrogens is 1. The number of hydrogen-bond donors (Lipinski definition) is 1. The van der Waals surface area contributed by atoms with Crippen LogP contribution in [0, 0.1) is 0 Å². The summed E-state index contributed by atoms with van der Waals surface area (Å²) in [6.07, 6.45) is 3.20. The molecule has 3 heterocycles. The SMILES string of the molecule is CC(C)Oc1ccc(Nc2cc(C(=O)N3CCC4(CC3)OCCO4)ccn2)cc1. The fraction of sp³-hybridized carbons (Fsp3) is 0.455. The largest absolute Gasteiger partial charge is 0.491 e. The lowest BCUT2D eigenvalue weighted by Crippen LogP contribution is -2.47. The summed E-state index contributed by atoms with van der Waals surface area (Å²) in [7, 11) is 0. The van der Waals surface area contributed by atoms with Crippen molar-refractivity contribution in [3.8, 4) is 5.75 Å². The number of carbonyl (C=O) groups excluding carboxylic acids is 1. The molecule has 1 aromatic heterocycles. The highest BCUT2D eigenvalue weighted by atomic mass is 16.7. The molecule has 2 aromatic rings. The molecule has 2 fully saturated rings. The fourth-order valence-electron chi connectivity index (χ4n) is 3.69. The first-order chi connectivity index (χ1) is 14.0. The van der Waals surface area contributed by atoms with E-state index in [1.54, 1.807) is 18.3 Å². The number of nitrogens with zero attached hydrogens (tertiary/aromatic N) is 2. The van der Waals surface area contributed by atoms with Crippen LogP contribution in [0.15, 0.2) is 42.6 Å². The monoisotopic (exact) mass is 397 g/mol. The molecule has 0 unspecified atom stereocenters. The van der Waals surface area contributed by atoms with Crippen molar-refractivity contribution in [2.45, 2.75) is 38.6 Å². The molecule has 7 nitrogen and oxygen atoms in total. The zero-order valence-corrected chi connectivity index (χ0v) is 16.9. The maximum absolute atomic E-state index is 12.9. The summed E-state index contributed by atoms with van der Waals surface area (Å²) >= 11 is 0. The van der Waals surface area contributed by atoms with Crippen LogP contribution in [-0.4, -0.2) is 54.0 Å². The third-order valence-electron chi connectivity index (χ3n) is 5.13. The number of rotatable bonds is 5. The molecule has 1 N–H and O–H groups in total. The first kappa shape index (κ1) is 19.7. The standard InChI is InChI=1S/C22H27N3O4/c1-16(2)29-19-5-3-18(4-6-19)24-20-15-17(7-10-23-20)21(26)25-11-8-22(9-12-25)27-13-14-28-22/h3-7,10,15-16H,8-9,11-14H2,1-2H3,(H,23,24). The van der Waals surface area contributed by atoms with Crippen LogP contribution >= 0.6 is 0 Å². The molecule has 0 aliphatic carbocycles. The molecular weight excluding hydrogens is 370 g/mol. The molecule has 7 heteroatoms. The maximum atomic E-state index is 12.9. The van der Waals surface area contributed by atoms with Gasteiger partial charge in [0.2, 0.25) is 0 Å². The Hall–Kier alpha value is -2.64. The minimum Gasteiger partial charge on any atom is -0.491 e. The normalized spacial score (nSPS) is 18.2. The molecule has 1 amide bonds. The Balaban J connectivity index is 1.38. The Bertz CT molecular complexity index is 837. The molecule has 0 atom stereocenters. The molecule has 2 aliphatic heterocycles. The van der Waals surface area contributed by atoms with E-state index < -0.39 is 5.79 Å². The molecule has 0 saturated carbocycles. The number of nitrogens with one attached hydrogen (secondary N) is 1. The summed E-state index contributed by atoms with van der Waals surface area (Å²) in [5.41, 5.74) is 1.50. The number of ether oxygens (including phenoxy) is 3. The minimum atomic E-state index is -0.479. The van der Waals surface area contributed by atoms with Crippen molar-refractivity contribution < 1.29 is 19.0 Å². The average molecular weight is 397 g/mol. The van der Waals surface area contributed by atoms with Crippen molar-refractivity contribution >= 4 is 17.4 Å². The van der Waals surface area contributed by atoms with Gasteiger partial charge in [-0.15, -0.1) is 0 Å². The van der Waals surface area contributed by atoms with Gasteiger partial charge in [-0.2, -0.15) is 0 Å². The van der Waals surface area contributed by atoms with E-state index in [1.165, 1.54) is 0 Å². The number of amides is 1. The Kier molecular flexibility index (Phi) is 5.69. The van der Waals surface area contributed by atoms with Gasteiger partial charge in [0.1, 0.15) is 11.6 Å². The van der Waals surface area contributed by atoms with Crippen LogP contribution in [-0.2, 0) is 9.47 Å². The Labute approximate surface area is 171 Å². The molecule has 2 saturated heterocycles. The Morgan fingerprint density at radius 1 is 1.14 bits per heavy atom. The van der Waals surface area contributed by atoms with Crippen LogP contribution < -0.4 is 10.1 Å². The van der Waals surface area contributed by atoms with Gasteiger partial charge in [0.15, 0.2) is 5.79 Å². The van der Waals surface area contributed by atoms with Gasteiger partial charge in [-0.05, 0) is 50.2 Å². The van der Waals surface area contributed by atoms with Crippen LogP contribution in [0.2, 0.25) is 0 Å². The second-order valence-corrected chi connectivity index (χ2v) is 7.65. The molecule has 2 aliphatic rings. The van der Waals surface area contributed by atoms with Crippen LogP contribution in [0.25, 0.3) is 0 Å². The fourth-order valence-corrected chi connectivity index (χ4v) is 3.69. The topological polar surface area (TPSA) is 72.9 Å². The zero-order chi connectivity index (χ0) is 20.3. The van der Waals surface area contributed by atoms with Crippen molar-refractivity contribution in [2.75, 3.05) is 31.6 Å². The maximum Gasteiger partial charge on any atom is 0.254 e. The van der Waals surface area contributed by atoms with Gasteiger partial charge in [-0.1, -0.05) is 0 Å². The smallest absolute Gasteiger partial charge is 0.254 e. The summed E-state index contributed by atoms with van der Waals surface area (Å²) in [6.45, 7) is 6.52. The summed E-state index contributed by atoms with van der Waals surface area (Å²) in [5.74, 6) is 0.974. The molecular formula is C22H27N3O4. The van der Waals surface area contributed by atoms with Crippen molar-refractivity contribution in [1.29, 1.82) is 0 Å². The zero-order valence-electron chi connectivity index (χ0n) is 16.9. The van der Waals surface area contributed by atoms with Gasteiger partial charge in [-0.25, -0.2) is 4.98 Å². The highest BCUT2D eigenvalue weighted by molar-refractivity contribution is 5.95. The second-order valence-electron chi connectivity index (χ2n) is 7.65. The first-order valence-electron chi connectivity index (χ1n) is 10.1. The number of anilines is 2. The molecule has 4 rings (SSSR count). The van der Waals surface area contributed by atoms with E-state index >= 15 is 0 Å². The van der Waals surface area contributed by atoms with E-state index in [-0.39, 0.29) is 12.0 Å². The lowest BCUT2D eigenvalue weighted by molar-refractivity contribution is -0.181. The van der Waals surface area contributed by atoms with Gasteiger partial charge >= 0.3 is 0 Å². The number of benzene rings is 1. The van der Waals surface area contributed by atoms with Crippen molar-refractivity contribution in [3.05, 3.63) is 48.2 Å². The summed E-state index contributed by atoms with van der Waals surface area (Å²) in [5, 5.41) is 3.24. The highest BCUT2D eigenvalue weighted by Gasteiger charge is 2.40. The van der Waals surface area contributed by atoms with Crippen LogP contribution in [0.4, 0.5) is 11.5 Å². The summed E-state index contributed by atoms with van der Waals surface area (Å²) in [6, 6.07) is 11.2. The molecule has 1 spiro atoms. The third kappa shape index (κ3) is 4.68. The van der Waals surface area contributed by atoms with E-state index in [1.807, 2.05) is 43.0 Å². The van der Waals surface area contributed by atoms with E-state index in [0.29, 0.717) is 50.5 Å². The van der Waals surface area contributed by atoms with Crippen LogP contribution in [0.3, 0.4) is 0 Å². The molecule has 29 heavy (non-hydrogen) atoms. The van der Waals surface area contributed by atoms with E-state index in [2.05, 4.69) is 10.3 Å². The van der Waals surface area contributed by atoms with Crippen LogP contribution in [0.1, 0.15) is 37.0 Å². The number of carbonyl (C=O) groups is 1. The summed E-state index contributed by atoms with van der Waals surface area (Å²) in [4.78, 5) is 19.1. The van der Waals surface area contributed by atoms with E-state index in [0.717, 1.165) is 11.4 Å². The summed E-state index contributed by atoms with van der Waals surface area (Å²) < 4.78 is 17.1. The van der Waals surface area contributed by atoms with Crippen LogP contribution in [0.5, 0.6) is 5.75 Å². The lowest BCUT2D eigenvalue weighted by atomic mass is 10.0. The highest BCUT2D eigenvalue weighted by Crippen LogP contribution is 2.32. The van der Waals surface area contributed by atoms with Crippen molar-refractivity contribution in [1.82, 2.24) is 9.88 Å². The van der Waals surface area contributed by atoms with Gasteiger partial charge in [-0.3, -0.25) is 4.79 Å². The average Bonchev–Trinajstić information content (AvgIpc) is 3.17. The predicted molar refractivity (Wildman–Crippen MR) is 109 cm³/mol. The minimum absolute atomic E-state index is 0.00368. The predicted octanol–water partition coefficient (Wildman–Crippen LogP) is 3.59. The van der Waals surface area contributed by atoms with Crippen molar-refractivity contribution in [2.24, 2.45) is 0 Å². The van der Waals surface area contributed by atoms with Gasteiger partial charge in [0.05, 0.1) is 19.3 Å². The number of piperidine rings is 1.